The monoisotopic (exact) mass is 209 g/mol. The van der Waals surface area contributed by atoms with Gasteiger partial charge in [0.05, 0.1) is 19.1 Å². The first-order valence-electron chi connectivity index (χ1n) is 4.79. The molecule has 0 aromatic carbocycles. The summed E-state index contributed by atoms with van der Waals surface area (Å²) >= 11 is 0. The van der Waals surface area contributed by atoms with Crippen LogP contribution in [-0.4, -0.2) is 36.5 Å². The van der Waals surface area contributed by atoms with Crippen LogP contribution in [0.3, 0.4) is 0 Å². The molecular weight excluding hydrogens is 194 g/mol. The van der Waals surface area contributed by atoms with E-state index in [9.17, 15) is 0 Å². The Morgan fingerprint density at radius 3 is 2.79 bits per heavy atom. The molecule has 0 spiro atoms. The second-order valence-corrected chi connectivity index (χ2v) is 9.18. The Bertz CT molecular complexity index is 364. The second kappa shape index (κ2) is 3.24. The number of nitrogens with zero attached hydrogens (tertiary/aromatic N) is 3. The minimum absolute atomic E-state index is 0.701. The molecule has 76 valence electrons. The first kappa shape index (κ1) is 9.45. The summed E-state index contributed by atoms with van der Waals surface area (Å²) in [6.07, 6.45) is 3.72. The van der Waals surface area contributed by atoms with E-state index in [0.29, 0.717) is 6.61 Å². The van der Waals surface area contributed by atoms with E-state index < -0.39 is 8.24 Å². The van der Waals surface area contributed by atoms with Crippen molar-refractivity contribution in [1.29, 1.82) is 0 Å². The van der Waals surface area contributed by atoms with Gasteiger partial charge >= 0.3 is 0 Å². The molecule has 4 nitrogen and oxygen atoms in total. The van der Waals surface area contributed by atoms with Crippen LogP contribution in [0.2, 0.25) is 19.6 Å². The lowest BCUT2D eigenvalue weighted by atomic mass is 10.5. The Labute approximate surface area is 84.7 Å². The standard InChI is InChI=1S/C9H15N3OSi/c1-14(2,3)12-7-10-6-8(12)9-11-4-5-13-9/h6-7H,4-5H2,1-3H3. The van der Waals surface area contributed by atoms with Gasteiger partial charge < -0.3 is 8.97 Å². The van der Waals surface area contributed by atoms with Crippen molar-refractivity contribution in [2.24, 2.45) is 4.99 Å². The van der Waals surface area contributed by atoms with Crippen molar-refractivity contribution in [3.8, 4) is 0 Å². The Morgan fingerprint density at radius 2 is 2.21 bits per heavy atom. The van der Waals surface area contributed by atoms with Crippen LogP contribution in [0.15, 0.2) is 17.5 Å². The van der Waals surface area contributed by atoms with E-state index >= 15 is 0 Å². The maximum Gasteiger partial charge on any atom is 0.234 e. The summed E-state index contributed by atoms with van der Waals surface area (Å²) in [5, 5.41) is 0. The molecule has 5 heteroatoms. The summed E-state index contributed by atoms with van der Waals surface area (Å²) in [6, 6.07) is 0. The van der Waals surface area contributed by atoms with Crippen LogP contribution in [0.4, 0.5) is 0 Å². The first-order valence-corrected chi connectivity index (χ1v) is 8.24. The third kappa shape index (κ3) is 1.59. The minimum Gasteiger partial charge on any atom is -0.474 e. The highest BCUT2D eigenvalue weighted by Crippen LogP contribution is 2.13. The lowest BCUT2D eigenvalue weighted by Gasteiger charge is -2.20. The van der Waals surface area contributed by atoms with Gasteiger partial charge in [-0.05, 0) is 0 Å². The maximum absolute atomic E-state index is 5.44. The molecule has 0 amide bonds. The Kier molecular flexibility index (Phi) is 2.18. The number of imidazole rings is 1. The van der Waals surface area contributed by atoms with Crippen molar-refractivity contribution in [2.45, 2.75) is 19.6 Å². The molecule has 0 saturated heterocycles. The predicted octanol–water partition coefficient (Wildman–Crippen LogP) is 1.34. The molecule has 0 bridgehead atoms. The van der Waals surface area contributed by atoms with Gasteiger partial charge in [-0.25, -0.2) is 9.98 Å². The summed E-state index contributed by atoms with van der Waals surface area (Å²) in [5.74, 6) is 0.755. The molecule has 1 aliphatic heterocycles. The van der Waals surface area contributed by atoms with Gasteiger partial charge in [0.1, 0.15) is 12.3 Å². The van der Waals surface area contributed by atoms with Crippen molar-refractivity contribution in [3.63, 3.8) is 0 Å². The molecule has 0 fully saturated rings. The summed E-state index contributed by atoms with van der Waals surface area (Å²) < 4.78 is 7.66. The lowest BCUT2D eigenvalue weighted by molar-refractivity contribution is 0.347. The Balaban J connectivity index is 2.39. The van der Waals surface area contributed by atoms with Gasteiger partial charge in [-0.1, -0.05) is 19.6 Å². The second-order valence-electron chi connectivity index (χ2n) is 4.36. The number of aliphatic imine (C=N–C) groups is 1. The lowest BCUT2D eigenvalue weighted by Crippen LogP contribution is -2.34. The van der Waals surface area contributed by atoms with Crippen molar-refractivity contribution in [2.75, 3.05) is 13.2 Å². The molecule has 2 rings (SSSR count). The molecule has 14 heavy (non-hydrogen) atoms. The molecule has 1 aromatic rings. The number of hydrogen-bond acceptors (Lipinski definition) is 3. The molecule has 0 saturated carbocycles. The quantitative estimate of drug-likeness (QED) is 0.690. The summed E-state index contributed by atoms with van der Waals surface area (Å²) in [4.78, 5) is 8.48. The van der Waals surface area contributed by atoms with Crippen LogP contribution in [0.25, 0.3) is 0 Å². The molecule has 0 aliphatic carbocycles. The highest BCUT2D eigenvalue weighted by Gasteiger charge is 2.23. The Hall–Kier alpha value is -1.10. The van der Waals surface area contributed by atoms with Crippen LogP contribution < -0.4 is 0 Å². The fourth-order valence-corrected chi connectivity index (χ4v) is 2.77. The van der Waals surface area contributed by atoms with E-state index in [-0.39, 0.29) is 0 Å². The highest BCUT2D eigenvalue weighted by molar-refractivity contribution is 6.74. The number of hydrogen-bond donors (Lipinski definition) is 0. The number of ether oxygens (including phenoxy) is 1. The Morgan fingerprint density at radius 1 is 1.43 bits per heavy atom. The zero-order valence-corrected chi connectivity index (χ0v) is 9.82. The molecule has 0 N–H and O–H groups in total. The van der Waals surface area contributed by atoms with Gasteiger partial charge in [0.15, 0.2) is 8.24 Å². The van der Waals surface area contributed by atoms with E-state index in [1.165, 1.54) is 0 Å². The summed E-state index contributed by atoms with van der Waals surface area (Å²) in [7, 11) is -1.40. The van der Waals surface area contributed by atoms with Crippen LogP contribution in [0.5, 0.6) is 0 Å². The van der Waals surface area contributed by atoms with E-state index in [4.69, 9.17) is 4.74 Å². The molecule has 2 heterocycles. The largest absolute Gasteiger partial charge is 0.474 e. The van der Waals surface area contributed by atoms with Crippen LogP contribution in [0, 0.1) is 0 Å². The zero-order chi connectivity index (χ0) is 10.2. The van der Waals surface area contributed by atoms with Crippen LogP contribution >= 0.6 is 0 Å². The average molecular weight is 209 g/mol. The SMILES string of the molecule is C[Si](C)(C)n1cncc1C1=NCCO1. The van der Waals surface area contributed by atoms with Crippen molar-refractivity contribution in [1.82, 2.24) is 9.22 Å². The number of rotatable bonds is 2. The summed E-state index contributed by atoms with van der Waals surface area (Å²) in [5.41, 5.74) is 1.03. The fraction of sp³-hybridized carbons (Fsp3) is 0.556. The minimum atomic E-state index is -1.40. The van der Waals surface area contributed by atoms with Crippen molar-refractivity contribution < 1.29 is 4.74 Å². The van der Waals surface area contributed by atoms with Gasteiger partial charge in [0.2, 0.25) is 5.90 Å². The summed E-state index contributed by atoms with van der Waals surface area (Å²) in [6.45, 7) is 8.29. The first-order chi connectivity index (χ1) is 6.59. The van der Waals surface area contributed by atoms with Gasteiger partial charge in [-0.15, -0.1) is 0 Å². The van der Waals surface area contributed by atoms with Crippen molar-refractivity contribution >= 4 is 14.1 Å². The highest BCUT2D eigenvalue weighted by atomic mass is 28.3. The zero-order valence-electron chi connectivity index (χ0n) is 8.82. The van der Waals surface area contributed by atoms with E-state index in [1.54, 1.807) is 0 Å². The maximum atomic E-state index is 5.44. The van der Waals surface area contributed by atoms with Gasteiger partial charge in [-0.2, -0.15) is 0 Å². The van der Waals surface area contributed by atoms with Crippen molar-refractivity contribution in [3.05, 3.63) is 18.2 Å². The molecule has 0 unspecified atom stereocenters. The third-order valence-corrected chi connectivity index (χ3v) is 3.97. The molecule has 1 aromatic heterocycles. The third-order valence-electron chi connectivity index (χ3n) is 2.17. The van der Waals surface area contributed by atoms with Gasteiger partial charge in [-0.3, -0.25) is 0 Å². The van der Waals surface area contributed by atoms with Gasteiger partial charge in [0.25, 0.3) is 0 Å². The topological polar surface area (TPSA) is 39.4 Å². The van der Waals surface area contributed by atoms with Gasteiger partial charge in [0, 0.05) is 0 Å². The van der Waals surface area contributed by atoms with Crippen LogP contribution in [-0.2, 0) is 4.74 Å². The fourth-order valence-electron chi connectivity index (χ4n) is 1.48. The van der Waals surface area contributed by atoms with Crippen LogP contribution in [0.1, 0.15) is 5.69 Å². The van der Waals surface area contributed by atoms with E-state index in [0.717, 1.165) is 18.1 Å². The smallest absolute Gasteiger partial charge is 0.234 e. The van der Waals surface area contributed by atoms with E-state index in [1.807, 2.05) is 12.5 Å². The molecular formula is C9H15N3OSi. The molecule has 1 aliphatic rings. The average Bonchev–Trinajstić information content (AvgIpc) is 2.73. The number of aromatic nitrogens is 2. The molecule has 0 radical (unpaired) electrons. The predicted molar refractivity (Wildman–Crippen MR) is 58.3 cm³/mol. The van der Waals surface area contributed by atoms with E-state index in [2.05, 4.69) is 33.9 Å². The molecule has 0 atom stereocenters. The normalized spacial score (nSPS) is 16.6.